The van der Waals surface area contributed by atoms with E-state index in [4.69, 9.17) is 26.4 Å². The van der Waals surface area contributed by atoms with E-state index in [1.54, 1.807) is 21.7 Å². The standard InChI is InChI=1S/C27H18ClN7O/c1-16-21-22(17-7-3-2-4-8-17)23-25-31-24(20-9-5-6-14-29-20)33-34(25)15-30-26(23)36-27(21)35(32-16)19-12-10-18(28)11-13-19/h2-15,22H,1H3. The van der Waals surface area contributed by atoms with Crippen molar-refractivity contribution in [3.05, 3.63) is 113 Å². The van der Waals surface area contributed by atoms with Crippen LogP contribution in [0.5, 0.6) is 11.8 Å². The van der Waals surface area contributed by atoms with Gasteiger partial charge in [-0.1, -0.05) is 48.0 Å². The molecule has 0 amide bonds. The normalized spacial score (nSPS) is 14.3. The first kappa shape index (κ1) is 20.8. The first-order valence-corrected chi connectivity index (χ1v) is 11.8. The molecule has 1 unspecified atom stereocenters. The Balaban J connectivity index is 1.48. The van der Waals surface area contributed by atoms with Crippen molar-refractivity contribution < 1.29 is 4.74 Å². The summed E-state index contributed by atoms with van der Waals surface area (Å²) in [4.78, 5) is 13.9. The highest BCUT2D eigenvalue weighted by atomic mass is 35.5. The van der Waals surface area contributed by atoms with Crippen LogP contribution in [0.15, 0.2) is 85.3 Å². The Bertz CT molecular complexity index is 1730. The van der Waals surface area contributed by atoms with Crippen LogP contribution in [-0.2, 0) is 0 Å². The van der Waals surface area contributed by atoms with Crippen molar-refractivity contribution >= 4 is 17.2 Å². The van der Waals surface area contributed by atoms with Crippen LogP contribution in [0.25, 0.3) is 22.9 Å². The molecule has 0 radical (unpaired) electrons. The van der Waals surface area contributed by atoms with E-state index in [1.807, 2.05) is 67.6 Å². The van der Waals surface area contributed by atoms with Crippen molar-refractivity contribution in [1.29, 1.82) is 0 Å². The second-order valence-corrected chi connectivity index (χ2v) is 8.96. The Kier molecular flexibility index (Phi) is 4.62. The van der Waals surface area contributed by atoms with Gasteiger partial charge in [0.2, 0.25) is 17.6 Å². The van der Waals surface area contributed by atoms with Crippen LogP contribution < -0.4 is 4.74 Å². The number of rotatable bonds is 3. The van der Waals surface area contributed by atoms with Gasteiger partial charge in [0, 0.05) is 11.2 Å². The number of fused-ring (bicyclic) bond motifs is 4. The van der Waals surface area contributed by atoms with Crippen LogP contribution in [0.3, 0.4) is 0 Å². The van der Waals surface area contributed by atoms with Crippen molar-refractivity contribution in [2.45, 2.75) is 12.8 Å². The summed E-state index contributed by atoms with van der Waals surface area (Å²) >= 11 is 6.13. The summed E-state index contributed by atoms with van der Waals surface area (Å²) in [5.41, 5.74) is 5.94. The highest BCUT2D eigenvalue weighted by Gasteiger charge is 2.38. The van der Waals surface area contributed by atoms with Gasteiger partial charge < -0.3 is 4.74 Å². The zero-order valence-corrected chi connectivity index (χ0v) is 19.8. The predicted molar refractivity (Wildman–Crippen MR) is 135 cm³/mol. The summed E-state index contributed by atoms with van der Waals surface area (Å²) in [6, 6.07) is 23.4. The van der Waals surface area contributed by atoms with Gasteiger partial charge in [-0.15, -0.1) is 5.10 Å². The zero-order valence-electron chi connectivity index (χ0n) is 19.1. The van der Waals surface area contributed by atoms with E-state index in [1.165, 1.54) is 0 Å². The fourth-order valence-corrected chi connectivity index (χ4v) is 4.84. The van der Waals surface area contributed by atoms with Crippen molar-refractivity contribution in [2.24, 2.45) is 0 Å². The van der Waals surface area contributed by atoms with Crippen molar-refractivity contribution in [3.8, 4) is 29.0 Å². The number of aromatic nitrogens is 7. The maximum absolute atomic E-state index is 6.45. The topological polar surface area (TPSA) is 83.0 Å². The predicted octanol–water partition coefficient (Wildman–Crippen LogP) is 5.62. The third kappa shape index (κ3) is 3.19. The van der Waals surface area contributed by atoms with Crippen LogP contribution in [-0.4, -0.2) is 34.3 Å². The van der Waals surface area contributed by atoms with Gasteiger partial charge in [0.15, 0.2) is 5.65 Å². The molecule has 36 heavy (non-hydrogen) atoms. The second-order valence-electron chi connectivity index (χ2n) is 8.52. The summed E-state index contributed by atoms with van der Waals surface area (Å²) in [7, 11) is 0. The van der Waals surface area contributed by atoms with Gasteiger partial charge in [-0.05, 0) is 48.9 Å². The molecule has 1 aliphatic rings. The minimum atomic E-state index is -0.206. The van der Waals surface area contributed by atoms with E-state index in [2.05, 4.69) is 27.2 Å². The highest BCUT2D eigenvalue weighted by molar-refractivity contribution is 6.30. The molecule has 1 aliphatic heterocycles. The van der Waals surface area contributed by atoms with Crippen molar-refractivity contribution in [1.82, 2.24) is 34.3 Å². The molecule has 6 aromatic rings. The molecule has 174 valence electrons. The lowest BCUT2D eigenvalue weighted by molar-refractivity contribution is 0.402. The smallest absolute Gasteiger partial charge is 0.230 e. The van der Waals surface area contributed by atoms with E-state index < -0.39 is 0 Å². The third-order valence-electron chi connectivity index (χ3n) is 6.32. The van der Waals surface area contributed by atoms with Crippen molar-refractivity contribution in [2.75, 3.05) is 0 Å². The molecule has 8 nitrogen and oxygen atoms in total. The van der Waals surface area contributed by atoms with E-state index >= 15 is 0 Å². The van der Waals surface area contributed by atoms with Gasteiger partial charge in [-0.25, -0.2) is 19.2 Å². The number of ether oxygens (including phenoxy) is 1. The molecule has 2 aromatic carbocycles. The lowest BCUT2D eigenvalue weighted by atomic mass is 9.84. The van der Waals surface area contributed by atoms with Crippen LogP contribution in [0, 0.1) is 6.92 Å². The Labute approximate surface area is 210 Å². The number of halogens is 1. The van der Waals surface area contributed by atoms with Gasteiger partial charge in [-0.3, -0.25) is 4.98 Å². The summed E-state index contributed by atoms with van der Waals surface area (Å²) < 4.78 is 9.94. The molecule has 5 heterocycles. The quantitative estimate of drug-likeness (QED) is 0.319. The number of hydrogen-bond donors (Lipinski definition) is 0. The van der Waals surface area contributed by atoms with Crippen LogP contribution in [0.4, 0.5) is 0 Å². The number of aryl methyl sites for hydroxylation is 1. The minimum absolute atomic E-state index is 0.206. The summed E-state index contributed by atoms with van der Waals surface area (Å²) in [6.45, 7) is 1.99. The molecule has 0 saturated heterocycles. The van der Waals surface area contributed by atoms with E-state index in [0.29, 0.717) is 33.9 Å². The van der Waals surface area contributed by atoms with Gasteiger partial charge in [0.1, 0.15) is 12.0 Å². The van der Waals surface area contributed by atoms with Crippen molar-refractivity contribution in [3.63, 3.8) is 0 Å². The maximum Gasteiger partial charge on any atom is 0.230 e. The molecule has 0 bridgehead atoms. The second kappa shape index (κ2) is 8.00. The number of hydrogen-bond acceptors (Lipinski definition) is 6. The Morgan fingerprint density at radius 2 is 1.67 bits per heavy atom. The maximum atomic E-state index is 6.45. The first-order valence-electron chi connectivity index (χ1n) is 11.4. The SMILES string of the molecule is Cc1nn(-c2ccc(Cl)cc2)c2c1C(c1ccccc1)c1c(ncn3nc(-c4ccccn4)nc13)O2. The molecule has 0 fully saturated rings. The molecule has 4 aromatic heterocycles. The van der Waals surface area contributed by atoms with E-state index in [-0.39, 0.29) is 5.92 Å². The zero-order chi connectivity index (χ0) is 24.2. The Morgan fingerprint density at radius 3 is 2.44 bits per heavy atom. The molecule has 0 N–H and O–H groups in total. The molecular weight excluding hydrogens is 474 g/mol. The molecule has 7 rings (SSSR count). The molecular formula is C27H18ClN7O. The molecule has 1 atom stereocenters. The van der Waals surface area contributed by atoms with Gasteiger partial charge in [-0.2, -0.15) is 5.10 Å². The average Bonchev–Trinajstić information content (AvgIpc) is 3.50. The average molecular weight is 492 g/mol. The van der Waals surface area contributed by atoms with Crippen LogP contribution in [0.2, 0.25) is 5.02 Å². The summed E-state index contributed by atoms with van der Waals surface area (Å²) in [5, 5.41) is 10.2. The molecule has 0 saturated carbocycles. The summed E-state index contributed by atoms with van der Waals surface area (Å²) in [6.07, 6.45) is 3.35. The number of nitrogens with zero attached hydrogens (tertiary/aromatic N) is 7. The number of pyridine rings is 1. The minimum Gasteiger partial charge on any atom is -0.420 e. The Morgan fingerprint density at radius 1 is 0.861 bits per heavy atom. The lowest BCUT2D eigenvalue weighted by Gasteiger charge is -2.26. The van der Waals surface area contributed by atoms with Gasteiger partial charge >= 0.3 is 0 Å². The lowest BCUT2D eigenvalue weighted by Crippen LogP contribution is -2.16. The fraction of sp³-hybridized carbons (Fsp3) is 0.0741. The largest absolute Gasteiger partial charge is 0.420 e. The molecule has 9 heteroatoms. The molecule has 0 spiro atoms. The highest BCUT2D eigenvalue weighted by Crippen LogP contribution is 2.49. The molecule has 0 aliphatic carbocycles. The monoisotopic (exact) mass is 491 g/mol. The fourth-order valence-electron chi connectivity index (χ4n) is 4.72. The van der Waals surface area contributed by atoms with Gasteiger partial charge in [0.05, 0.1) is 28.4 Å². The first-order chi connectivity index (χ1) is 17.7. The summed E-state index contributed by atoms with van der Waals surface area (Å²) in [5.74, 6) is 1.41. The van der Waals surface area contributed by atoms with Crippen LogP contribution >= 0.6 is 11.6 Å². The number of benzene rings is 2. The van der Waals surface area contributed by atoms with Crippen LogP contribution in [0.1, 0.15) is 28.3 Å². The third-order valence-corrected chi connectivity index (χ3v) is 6.57. The Hall–Kier alpha value is -4.56. The van der Waals surface area contributed by atoms with E-state index in [0.717, 1.165) is 28.1 Å². The van der Waals surface area contributed by atoms with E-state index in [9.17, 15) is 0 Å². The van der Waals surface area contributed by atoms with Gasteiger partial charge in [0.25, 0.3) is 0 Å².